The molecular weight excluding hydrogens is 242 g/mol. The maximum atomic E-state index is 11.3. The number of rotatable bonds is 3. The van der Waals surface area contributed by atoms with Gasteiger partial charge in [0.05, 0.1) is 24.2 Å². The molecule has 0 atom stereocenters. The van der Waals surface area contributed by atoms with Crippen LogP contribution in [-0.2, 0) is 16.4 Å². The first-order valence-electron chi connectivity index (χ1n) is 4.81. The summed E-state index contributed by atoms with van der Waals surface area (Å²) in [7, 11) is -3.25. The SMILES string of the molecule is CS(=O)(=O)c1cnn(-c2ccnc(CO)c2)c1. The molecule has 2 rings (SSSR count). The maximum Gasteiger partial charge on any atom is 0.178 e. The highest BCUT2D eigenvalue weighted by atomic mass is 32.2. The largest absolute Gasteiger partial charge is 0.390 e. The van der Waals surface area contributed by atoms with Gasteiger partial charge in [0, 0.05) is 18.6 Å². The zero-order valence-electron chi connectivity index (χ0n) is 9.11. The van der Waals surface area contributed by atoms with Crippen LogP contribution < -0.4 is 0 Å². The summed E-state index contributed by atoms with van der Waals surface area (Å²) in [5.74, 6) is 0. The lowest BCUT2D eigenvalue weighted by atomic mass is 10.3. The molecule has 2 aromatic rings. The van der Waals surface area contributed by atoms with Crippen LogP contribution in [0, 0.1) is 0 Å². The van der Waals surface area contributed by atoms with Crippen LogP contribution in [0.5, 0.6) is 0 Å². The number of hydrogen-bond donors (Lipinski definition) is 1. The monoisotopic (exact) mass is 253 g/mol. The minimum Gasteiger partial charge on any atom is -0.390 e. The number of nitrogens with zero attached hydrogens (tertiary/aromatic N) is 3. The molecule has 0 radical (unpaired) electrons. The molecule has 0 unspecified atom stereocenters. The Labute approximate surface area is 98.5 Å². The van der Waals surface area contributed by atoms with E-state index < -0.39 is 9.84 Å². The molecule has 0 amide bonds. The molecule has 7 heteroatoms. The Balaban J connectivity index is 2.43. The number of hydrogen-bond acceptors (Lipinski definition) is 5. The lowest BCUT2D eigenvalue weighted by Crippen LogP contribution is -1.98. The van der Waals surface area contributed by atoms with Gasteiger partial charge in [-0.15, -0.1) is 0 Å². The van der Waals surface area contributed by atoms with Gasteiger partial charge in [0.25, 0.3) is 0 Å². The zero-order valence-corrected chi connectivity index (χ0v) is 9.92. The Morgan fingerprint density at radius 1 is 1.47 bits per heavy atom. The van der Waals surface area contributed by atoms with Crippen molar-refractivity contribution in [2.24, 2.45) is 0 Å². The van der Waals surface area contributed by atoms with Gasteiger partial charge < -0.3 is 5.11 Å². The molecule has 2 heterocycles. The predicted octanol–water partition coefficient (Wildman–Crippen LogP) is 0.163. The van der Waals surface area contributed by atoms with Crippen molar-refractivity contribution >= 4 is 9.84 Å². The Bertz CT molecular complexity index is 634. The summed E-state index contributed by atoms with van der Waals surface area (Å²) >= 11 is 0. The minimum absolute atomic E-state index is 0.153. The number of aliphatic hydroxyl groups excluding tert-OH is 1. The van der Waals surface area contributed by atoms with Crippen LogP contribution in [0.4, 0.5) is 0 Å². The molecule has 0 aromatic carbocycles. The molecule has 90 valence electrons. The third kappa shape index (κ3) is 2.51. The third-order valence-corrected chi connectivity index (χ3v) is 3.28. The highest BCUT2D eigenvalue weighted by Crippen LogP contribution is 2.12. The highest BCUT2D eigenvalue weighted by Gasteiger charge is 2.10. The van der Waals surface area contributed by atoms with Crippen LogP contribution in [0.1, 0.15) is 5.69 Å². The first-order valence-corrected chi connectivity index (χ1v) is 6.71. The van der Waals surface area contributed by atoms with E-state index in [-0.39, 0.29) is 11.5 Å². The van der Waals surface area contributed by atoms with Crippen LogP contribution in [0.15, 0.2) is 35.6 Å². The number of aromatic nitrogens is 3. The summed E-state index contributed by atoms with van der Waals surface area (Å²) in [5.41, 5.74) is 1.15. The summed E-state index contributed by atoms with van der Waals surface area (Å²) in [6.07, 6.45) is 5.36. The second-order valence-electron chi connectivity index (χ2n) is 3.56. The predicted molar refractivity (Wildman–Crippen MR) is 60.4 cm³/mol. The van der Waals surface area contributed by atoms with Crippen molar-refractivity contribution in [1.29, 1.82) is 0 Å². The Hall–Kier alpha value is -1.73. The Morgan fingerprint density at radius 3 is 2.82 bits per heavy atom. The van der Waals surface area contributed by atoms with Gasteiger partial charge >= 0.3 is 0 Å². The van der Waals surface area contributed by atoms with Crippen molar-refractivity contribution < 1.29 is 13.5 Å². The van der Waals surface area contributed by atoms with Crippen molar-refractivity contribution in [3.63, 3.8) is 0 Å². The van der Waals surface area contributed by atoms with E-state index in [0.29, 0.717) is 11.4 Å². The third-order valence-electron chi connectivity index (χ3n) is 2.21. The lowest BCUT2D eigenvalue weighted by Gasteiger charge is -2.02. The van der Waals surface area contributed by atoms with Gasteiger partial charge in [-0.2, -0.15) is 5.10 Å². The fourth-order valence-corrected chi connectivity index (χ4v) is 1.86. The Kier molecular flexibility index (Phi) is 2.95. The molecule has 17 heavy (non-hydrogen) atoms. The van der Waals surface area contributed by atoms with E-state index in [0.717, 1.165) is 6.26 Å². The van der Waals surface area contributed by atoms with E-state index >= 15 is 0 Å². The topological polar surface area (TPSA) is 85.1 Å². The second kappa shape index (κ2) is 4.27. The van der Waals surface area contributed by atoms with E-state index in [1.165, 1.54) is 23.3 Å². The van der Waals surface area contributed by atoms with Gasteiger partial charge in [-0.05, 0) is 12.1 Å². The van der Waals surface area contributed by atoms with Crippen molar-refractivity contribution in [2.45, 2.75) is 11.5 Å². The number of pyridine rings is 1. The molecule has 0 aliphatic rings. The molecule has 6 nitrogen and oxygen atoms in total. The van der Waals surface area contributed by atoms with Crippen molar-refractivity contribution in [3.05, 3.63) is 36.4 Å². The first kappa shape index (κ1) is 11.7. The molecule has 0 bridgehead atoms. The molecule has 2 aromatic heterocycles. The summed E-state index contributed by atoms with van der Waals surface area (Å²) in [6.45, 7) is -0.173. The minimum atomic E-state index is -3.25. The van der Waals surface area contributed by atoms with Gasteiger partial charge in [0.1, 0.15) is 4.90 Å². The van der Waals surface area contributed by atoms with Crippen molar-refractivity contribution in [2.75, 3.05) is 6.26 Å². The molecule has 1 N–H and O–H groups in total. The van der Waals surface area contributed by atoms with E-state index in [9.17, 15) is 8.42 Å². The fraction of sp³-hybridized carbons (Fsp3) is 0.200. The highest BCUT2D eigenvalue weighted by molar-refractivity contribution is 7.90. The van der Waals surface area contributed by atoms with Gasteiger partial charge in [-0.25, -0.2) is 13.1 Å². The quantitative estimate of drug-likeness (QED) is 0.842. The number of sulfone groups is 1. The van der Waals surface area contributed by atoms with Gasteiger partial charge in [0.15, 0.2) is 9.84 Å². The van der Waals surface area contributed by atoms with Crippen molar-refractivity contribution in [1.82, 2.24) is 14.8 Å². The van der Waals surface area contributed by atoms with Crippen LogP contribution in [-0.4, -0.2) is 34.5 Å². The van der Waals surface area contributed by atoms with E-state index in [1.807, 2.05) is 0 Å². The summed E-state index contributed by atoms with van der Waals surface area (Å²) in [4.78, 5) is 4.08. The average Bonchev–Trinajstić information content (AvgIpc) is 2.78. The second-order valence-corrected chi connectivity index (χ2v) is 5.57. The van der Waals surface area contributed by atoms with Gasteiger partial charge in [0.2, 0.25) is 0 Å². The summed E-state index contributed by atoms with van der Waals surface area (Å²) in [6, 6.07) is 3.32. The van der Waals surface area contributed by atoms with Crippen molar-refractivity contribution in [3.8, 4) is 5.69 Å². The van der Waals surface area contributed by atoms with Crippen LogP contribution in [0.3, 0.4) is 0 Å². The normalized spacial score (nSPS) is 11.6. The Morgan fingerprint density at radius 2 is 2.24 bits per heavy atom. The molecule has 0 aliphatic heterocycles. The molecule has 0 saturated carbocycles. The van der Waals surface area contributed by atoms with Crippen LogP contribution in [0.25, 0.3) is 5.69 Å². The van der Waals surface area contributed by atoms with Gasteiger partial charge in [-0.1, -0.05) is 0 Å². The van der Waals surface area contributed by atoms with E-state index in [2.05, 4.69) is 10.1 Å². The summed E-state index contributed by atoms with van der Waals surface area (Å²) < 4.78 is 24.0. The van der Waals surface area contributed by atoms with Crippen LogP contribution >= 0.6 is 0 Å². The fourth-order valence-electron chi connectivity index (χ4n) is 1.33. The van der Waals surface area contributed by atoms with Crippen LogP contribution in [0.2, 0.25) is 0 Å². The lowest BCUT2D eigenvalue weighted by molar-refractivity contribution is 0.277. The number of aliphatic hydroxyl groups is 1. The molecule has 0 spiro atoms. The summed E-state index contributed by atoms with van der Waals surface area (Å²) in [5, 5.41) is 12.9. The zero-order chi connectivity index (χ0) is 12.5. The molecular formula is C10H11N3O3S. The molecule has 0 fully saturated rings. The smallest absolute Gasteiger partial charge is 0.178 e. The molecule has 0 saturated heterocycles. The maximum absolute atomic E-state index is 11.3. The van der Waals surface area contributed by atoms with E-state index in [4.69, 9.17) is 5.11 Å². The molecule has 0 aliphatic carbocycles. The average molecular weight is 253 g/mol. The first-order chi connectivity index (χ1) is 8.00. The van der Waals surface area contributed by atoms with E-state index in [1.54, 1.807) is 12.1 Å². The standard InChI is InChI=1S/C10H11N3O3S/c1-17(15,16)10-5-12-13(6-10)9-2-3-11-8(4-9)7-14/h2-6,14H,7H2,1H3. The van der Waals surface area contributed by atoms with Gasteiger partial charge in [-0.3, -0.25) is 4.98 Å².